The van der Waals surface area contributed by atoms with Crippen LogP contribution in [0.5, 0.6) is 11.5 Å². The van der Waals surface area contributed by atoms with Crippen molar-refractivity contribution in [1.29, 1.82) is 0 Å². The van der Waals surface area contributed by atoms with E-state index in [1.807, 2.05) is 6.07 Å². The molecule has 2 aromatic carbocycles. The van der Waals surface area contributed by atoms with Crippen molar-refractivity contribution in [2.75, 3.05) is 6.79 Å². The maximum Gasteiger partial charge on any atom is 0.231 e. The average molecular weight is 418 g/mol. The summed E-state index contributed by atoms with van der Waals surface area (Å²) >= 11 is 6.90. The number of halogens is 1. The molecule has 0 bridgehead atoms. The van der Waals surface area contributed by atoms with Crippen LogP contribution in [-0.4, -0.2) is 34.0 Å². The number of hydrogen-bond donors (Lipinski definition) is 0. The number of fused-ring (bicyclic) bond motifs is 1. The zero-order valence-electron chi connectivity index (χ0n) is 14.5. The highest BCUT2D eigenvalue weighted by Gasteiger charge is 2.33. The molecule has 0 aromatic heterocycles. The average Bonchev–Trinajstić information content (AvgIpc) is 3.13. The second-order valence-corrected chi connectivity index (χ2v) is 7.77. The van der Waals surface area contributed by atoms with Gasteiger partial charge in [-0.25, -0.2) is 4.99 Å². The predicted molar refractivity (Wildman–Crippen MR) is 103 cm³/mol. The highest BCUT2D eigenvalue weighted by Crippen LogP contribution is 2.34. The van der Waals surface area contributed by atoms with Gasteiger partial charge in [-0.2, -0.15) is 0 Å². The standard InChI is InChI=1S/C19H15ClN2O5S/c20-12-2-4-13(5-3-12)21-19-22(17(23)8-16(28-19)18(24)25)9-11-1-6-14-15(7-11)27-10-26-14/h1-7,16H,8-10H2,(H,24,25)/p-1. The van der Waals surface area contributed by atoms with Gasteiger partial charge in [-0.1, -0.05) is 29.4 Å². The number of amidine groups is 1. The van der Waals surface area contributed by atoms with Gasteiger partial charge in [0.15, 0.2) is 16.7 Å². The minimum Gasteiger partial charge on any atom is -0.549 e. The van der Waals surface area contributed by atoms with Gasteiger partial charge in [-0.15, -0.1) is 0 Å². The van der Waals surface area contributed by atoms with Crippen molar-refractivity contribution in [3.05, 3.63) is 53.1 Å². The molecule has 9 heteroatoms. The van der Waals surface area contributed by atoms with Crippen LogP contribution in [0.15, 0.2) is 47.5 Å². The molecule has 0 aliphatic carbocycles. The minimum absolute atomic E-state index is 0.156. The summed E-state index contributed by atoms with van der Waals surface area (Å²) in [6.45, 7) is 0.391. The molecule has 28 heavy (non-hydrogen) atoms. The molecular formula is C19H14ClN2O5S-. The molecule has 7 nitrogen and oxygen atoms in total. The Morgan fingerprint density at radius 2 is 1.96 bits per heavy atom. The van der Waals surface area contributed by atoms with Crippen LogP contribution in [0, 0.1) is 0 Å². The van der Waals surface area contributed by atoms with E-state index >= 15 is 0 Å². The number of aliphatic carboxylic acids is 1. The summed E-state index contributed by atoms with van der Waals surface area (Å²) in [7, 11) is 0. The Morgan fingerprint density at radius 3 is 2.71 bits per heavy atom. The zero-order valence-corrected chi connectivity index (χ0v) is 16.0. The molecule has 2 aliphatic heterocycles. The molecule has 1 unspecified atom stereocenters. The largest absolute Gasteiger partial charge is 0.549 e. The summed E-state index contributed by atoms with van der Waals surface area (Å²) in [5.74, 6) is -0.364. The van der Waals surface area contributed by atoms with E-state index < -0.39 is 11.2 Å². The van der Waals surface area contributed by atoms with E-state index in [1.54, 1.807) is 36.4 Å². The van der Waals surface area contributed by atoms with Crippen molar-refractivity contribution >= 4 is 46.1 Å². The molecule has 1 saturated heterocycles. The van der Waals surface area contributed by atoms with Crippen LogP contribution in [0.3, 0.4) is 0 Å². The van der Waals surface area contributed by atoms with Crippen molar-refractivity contribution in [3.63, 3.8) is 0 Å². The van der Waals surface area contributed by atoms with Gasteiger partial charge >= 0.3 is 0 Å². The highest BCUT2D eigenvalue weighted by atomic mass is 35.5. The van der Waals surface area contributed by atoms with Crippen molar-refractivity contribution < 1.29 is 24.2 Å². The number of carboxylic acid groups (broad SMARTS) is 1. The molecule has 4 rings (SSSR count). The molecule has 144 valence electrons. The zero-order chi connectivity index (χ0) is 19.7. The van der Waals surface area contributed by atoms with Crippen molar-refractivity contribution in [2.24, 2.45) is 4.99 Å². The van der Waals surface area contributed by atoms with E-state index in [0.717, 1.165) is 17.3 Å². The van der Waals surface area contributed by atoms with Crippen molar-refractivity contribution in [2.45, 2.75) is 18.2 Å². The number of hydrogen-bond acceptors (Lipinski definition) is 7. The summed E-state index contributed by atoms with van der Waals surface area (Å²) in [6.07, 6.45) is -0.156. The molecule has 1 atom stereocenters. The van der Waals surface area contributed by atoms with E-state index in [-0.39, 0.29) is 25.7 Å². The number of amides is 1. The number of carboxylic acids is 1. The number of ether oxygens (including phenoxy) is 2. The van der Waals surface area contributed by atoms with Gasteiger partial charge < -0.3 is 19.4 Å². The quantitative estimate of drug-likeness (QED) is 0.758. The number of nitrogens with zero attached hydrogens (tertiary/aromatic N) is 2. The molecule has 2 aromatic rings. The lowest BCUT2D eigenvalue weighted by atomic mass is 10.1. The molecule has 0 radical (unpaired) electrons. The van der Waals surface area contributed by atoms with Crippen LogP contribution < -0.4 is 14.6 Å². The Labute approximate surface area is 169 Å². The van der Waals surface area contributed by atoms with Gasteiger partial charge in [0.05, 0.1) is 23.5 Å². The van der Waals surface area contributed by atoms with Gasteiger partial charge in [0, 0.05) is 11.4 Å². The molecule has 0 N–H and O–H groups in total. The SMILES string of the molecule is O=C([O-])C1CC(=O)N(Cc2ccc3c(c2)OCO3)C(=Nc2ccc(Cl)cc2)S1. The monoisotopic (exact) mass is 417 g/mol. The third-order valence-corrected chi connectivity index (χ3v) is 5.65. The molecule has 2 heterocycles. The Morgan fingerprint density at radius 1 is 1.21 bits per heavy atom. The topological polar surface area (TPSA) is 91.3 Å². The first-order chi connectivity index (χ1) is 13.5. The van der Waals surface area contributed by atoms with Crippen LogP contribution in [0.25, 0.3) is 0 Å². The Hall–Kier alpha value is -2.71. The number of benzene rings is 2. The number of rotatable bonds is 4. The Bertz CT molecular complexity index is 963. The third-order valence-electron chi connectivity index (χ3n) is 4.23. The van der Waals surface area contributed by atoms with Crippen LogP contribution in [-0.2, 0) is 16.1 Å². The van der Waals surface area contributed by atoms with Gasteiger partial charge in [0.1, 0.15) is 0 Å². The molecule has 1 fully saturated rings. The number of carbonyl (C=O) groups excluding carboxylic acids is 2. The van der Waals surface area contributed by atoms with E-state index in [9.17, 15) is 14.7 Å². The summed E-state index contributed by atoms with van der Waals surface area (Å²) in [5, 5.41) is 11.2. The van der Waals surface area contributed by atoms with E-state index in [4.69, 9.17) is 21.1 Å². The van der Waals surface area contributed by atoms with Crippen LogP contribution in [0.4, 0.5) is 5.69 Å². The fraction of sp³-hybridized carbons (Fsp3) is 0.211. The lowest BCUT2D eigenvalue weighted by molar-refractivity contribution is -0.304. The van der Waals surface area contributed by atoms with E-state index in [1.165, 1.54) is 4.90 Å². The first kappa shape index (κ1) is 18.6. The lowest BCUT2D eigenvalue weighted by Gasteiger charge is -2.32. The van der Waals surface area contributed by atoms with Gasteiger partial charge in [0.2, 0.25) is 12.7 Å². The molecule has 0 saturated carbocycles. The van der Waals surface area contributed by atoms with Crippen LogP contribution in [0.1, 0.15) is 12.0 Å². The molecule has 2 aliphatic rings. The van der Waals surface area contributed by atoms with Crippen molar-refractivity contribution in [1.82, 2.24) is 4.90 Å². The van der Waals surface area contributed by atoms with Gasteiger partial charge in [0.25, 0.3) is 0 Å². The maximum absolute atomic E-state index is 12.7. The van der Waals surface area contributed by atoms with Crippen LogP contribution in [0.2, 0.25) is 5.02 Å². The lowest BCUT2D eigenvalue weighted by Crippen LogP contribution is -2.47. The Balaban J connectivity index is 1.64. The predicted octanol–water partition coefficient (Wildman–Crippen LogP) is 2.34. The van der Waals surface area contributed by atoms with Crippen LogP contribution >= 0.6 is 23.4 Å². The third kappa shape index (κ3) is 3.93. The first-order valence-corrected chi connectivity index (χ1v) is 9.66. The number of carbonyl (C=O) groups is 2. The Kier molecular flexibility index (Phi) is 5.15. The van der Waals surface area contributed by atoms with Gasteiger partial charge in [-0.3, -0.25) is 9.69 Å². The maximum atomic E-state index is 12.7. The van der Waals surface area contributed by atoms with E-state index in [0.29, 0.717) is 27.4 Å². The summed E-state index contributed by atoms with van der Waals surface area (Å²) < 4.78 is 10.7. The smallest absolute Gasteiger partial charge is 0.231 e. The number of thioether (sulfide) groups is 1. The summed E-state index contributed by atoms with van der Waals surface area (Å²) in [5.41, 5.74) is 1.38. The van der Waals surface area contributed by atoms with E-state index in [2.05, 4.69) is 4.99 Å². The molecule has 1 amide bonds. The van der Waals surface area contributed by atoms with Crippen molar-refractivity contribution in [3.8, 4) is 11.5 Å². The normalized spacial score (nSPS) is 19.9. The fourth-order valence-electron chi connectivity index (χ4n) is 2.83. The molecular weight excluding hydrogens is 404 g/mol. The van der Waals surface area contributed by atoms with Gasteiger partial charge in [-0.05, 0) is 42.0 Å². The number of aliphatic imine (C=N–C) groups is 1. The fourth-order valence-corrected chi connectivity index (χ4v) is 3.98. The summed E-state index contributed by atoms with van der Waals surface area (Å²) in [6, 6.07) is 12.1. The highest BCUT2D eigenvalue weighted by molar-refractivity contribution is 8.15. The second kappa shape index (κ2) is 7.73. The molecule has 0 spiro atoms. The first-order valence-electron chi connectivity index (χ1n) is 8.40. The summed E-state index contributed by atoms with van der Waals surface area (Å²) in [4.78, 5) is 29.9. The second-order valence-electron chi connectivity index (χ2n) is 6.17. The minimum atomic E-state index is -1.29.